The van der Waals surface area contributed by atoms with Gasteiger partial charge in [-0.15, -0.1) is 0 Å². The summed E-state index contributed by atoms with van der Waals surface area (Å²) in [6.07, 6.45) is 3.39. The normalized spacial score (nSPS) is 14.2. The molecule has 0 aliphatic heterocycles. The Hall–Kier alpha value is -2.21. The Bertz CT molecular complexity index is 591. The van der Waals surface area contributed by atoms with Gasteiger partial charge in [-0.3, -0.25) is 4.98 Å². The van der Waals surface area contributed by atoms with E-state index >= 15 is 0 Å². The van der Waals surface area contributed by atoms with Crippen molar-refractivity contribution in [1.82, 2.24) is 4.98 Å². The Morgan fingerprint density at radius 3 is 2.83 bits per heavy atom. The highest BCUT2D eigenvalue weighted by Crippen LogP contribution is 2.32. The molecule has 0 saturated heterocycles. The van der Waals surface area contributed by atoms with Crippen LogP contribution < -0.4 is 0 Å². The molecule has 94 valence electrons. The van der Waals surface area contributed by atoms with E-state index in [2.05, 4.69) is 4.98 Å². The number of aromatic carboxylic acids is 1. The Morgan fingerprint density at radius 1 is 1.50 bits per heavy atom. The molecule has 2 N–H and O–H groups in total. The number of hydrogen-bond acceptors (Lipinski definition) is 4. The van der Waals surface area contributed by atoms with E-state index in [1.807, 2.05) is 0 Å². The van der Waals surface area contributed by atoms with E-state index in [1.165, 1.54) is 19.2 Å². The van der Waals surface area contributed by atoms with E-state index < -0.39 is 17.4 Å². The molecule has 0 radical (unpaired) electrons. The zero-order valence-electron chi connectivity index (χ0n) is 9.42. The van der Waals surface area contributed by atoms with Crippen molar-refractivity contribution in [2.75, 3.05) is 0 Å². The second-order valence-corrected chi connectivity index (χ2v) is 3.93. The molecule has 0 bridgehead atoms. The van der Waals surface area contributed by atoms with Crippen molar-refractivity contribution in [2.45, 2.75) is 12.5 Å². The monoisotopic (exact) mass is 251 g/mol. The van der Waals surface area contributed by atoms with Crippen LogP contribution in [0.1, 0.15) is 28.6 Å². The van der Waals surface area contributed by atoms with E-state index in [1.54, 1.807) is 0 Å². The summed E-state index contributed by atoms with van der Waals surface area (Å²) in [4.78, 5) is 14.6. The van der Waals surface area contributed by atoms with Gasteiger partial charge in [-0.25, -0.2) is 9.18 Å². The zero-order valence-corrected chi connectivity index (χ0v) is 9.42. The minimum atomic E-state index is -1.77. The fourth-order valence-corrected chi connectivity index (χ4v) is 1.66. The van der Waals surface area contributed by atoms with Crippen LogP contribution in [0.25, 0.3) is 0 Å². The molecule has 1 unspecified atom stereocenters. The fourth-order valence-electron chi connectivity index (χ4n) is 1.66. The molecule has 18 heavy (non-hydrogen) atoms. The first kappa shape index (κ1) is 12.3. The maximum atomic E-state index is 13.1. The first-order chi connectivity index (χ1) is 8.43. The number of aromatic nitrogens is 1. The standard InChI is InChI=1S/C12H10FNO4/c1-12(17,7-4-8(13)6-14-5-7)10-9(11(15)16)2-3-18-10/h2-6,17H,1H3,(H,15,16). The van der Waals surface area contributed by atoms with E-state index in [0.29, 0.717) is 0 Å². The molecule has 0 amide bonds. The van der Waals surface area contributed by atoms with Gasteiger partial charge >= 0.3 is 5.97 Å². The van der Waals surface area contributed by atoms with Crippen molar-refractivity contribution in [1.29, 1.82) is 0 Å². The molecule has 0 fully saturated rings. The second kappa shape index (κ2) is 4.23. The molecule has 2 rings (SSSR count). The zero-order chi connectivity index (χ0) is 13.3. The third kappa shape index (κ3) is 1.98. The Kier molecular flexibility index (Phi) is 2.88. The van der Waals surface area contributed by atoms with Crippen LogP contribution in [-0.4, -0.2) is 21.2 Å². The molecule has 2 heterocycles. The quantitative estimate of drug-likeness (QED) is 0.868. The SMILES string of the molecule is CC(O)(c1cncc(F)c1)c1occc1C(=O)O. The predicted molar refractivity (Wildman–Crippen MR) is 58.5 cm³/mol. The van der Waals surface area contributed by atoms with Gasteiger partial charge in [0.1, 0.15) is 17.0 Å². The van der Waals surface area contributed by atoms with E-state index in [0.717, 1.165) is 18.5 Å². The van der Waals surface area contributed by atoms with E-state index in [-0.39, 0.29) is 16.9 Å². The number of nitrogens with zero attached hydrogens (tertiary/aromatic N) is 1. The molecular weight excluding hydrogens is 241 g/mol. The molecule has 0 aliphatic rings. The molecule has 1 atom stereocenters. The van der Waals surface area contributed by atoms with Crippen LogP contribution >= 0.6 is 0 Å². The number of rotatable bonds is 3. The number of halogens is 1. The van der Waals surface area contributed by atoms with Crippen molar-refractivity contribution in [2.24, 2.45) is 0 Å². The van der Waals surface area contributed by atoms with Crippen LogP contribution in [0.4, 0.5) is 4.39 Å². The van der Waals surface area contributed by atoms with Crippen molar-refractivity contribution >= 4 is 5.97 Å². The van der Waals surface area contributed by atoms with Gasteiger partial charge in [0.25, 0.3) is 0 Å². The number of aliphatic hydroxyl groups is 1. The van der Waals surface area contributed by atoms with Gasteiger partial charge in [-0.1, -0.05) is 0 Å². The van der Waals surface area contributed by atoms with Gasteiger partial charge in [0.05, 0.1) is 12.5 Å². The van der Waals surface area contributed by atoms with Gasteiger partial charge in [0, 0.05) is 11.8 Å². The highest BCUT2D eigenvalue weighted by atomic mass is 19.1. The van der Waals surface area contributed by atoms with Crippen LogP contribution in [0.3, 0.4) is 0 Å². The van der Waals surface area contributed by atoms with Crippen molar-refractivity contribution < 1.29 is 23.8 Å². The van der Waals surface area contributed by atoms with Crippen LogP contribution in [-0.2, 0) is 5.60 Å². The molecule has 0 saturated carbocycles. The van der Waals surface area contributed by atoms with Gasteiger partial charge in [-0.05, 0) is 19.1 Å². The lowest BCUT2D eigenvalue weighted by Crippen LogP contribution is -2.25. The lowest BCUT2D eigenvalue weighted by atomic mass is 9.92. The molecule has 0 spiro atoms. The van der Waals surface area contributed by atoms with Crippen LogP contribution in [0, 0.1) is 5.82 Å². The Labute approximate surface area is 102 Å². The summed E-state index contributed by atoms with van der Waals surface area (Å²) in [7, 11) is 0. The minimum Gasteiger partial charge on any atom is -0.478 e. The summed E-state index contributed by atoms with van der Waals surface area (Å²) in [5, 5.41) is 19.3. The molecule has 0 aromatic carbocycles. The van der Waals surface area contributed by atoms with Gasteiger partial charge < -0.3 is 14.6 Å². The number of pyridine rings is 1. The van der Waals surface area contributed by atoms with Crippen molar-refractivity contribution in [3.05, 3.63) is 53.5 Å². The van der Waals surface area contributed by atoms with E-state index in [4.69, 9.17) is 9.52 Å². The summed E-state index contributed by atoms with van der Waals surface area (Å²) < 4.78 is 18.1. The summed E-state index contributed by atoms with van der Waals surface area (Å²) in [5.41, 5.74) is -1.84. The molecule has 6 heteroatoms. The Morgan fingerprint density at radius 2 is 2.22 bits per heavy atom. The number of carboxylic acid groups (broad SMARTS) is 1. The summed E-state index contributed by atoms with van der Waals surface area (Å²) in [5.74, 6) is -2.03. The summed E-state index contributed by atoms with van der Waals surface area (Å²) in [6, 6.07) is 2.29. The maximum absolute atomic E-state index is 13.1. The van der Waals surface area contributed by atoms with Gasteiger partial charge in [-0.2, -0.15) is 0 Å². The third-order valence-electron chi connectivity index (χ3n) is 2.60. The second-order valence-electron chi connectivity index (χ2n) is 3.93. The first-order valence-corrected chi connectivity index (χ1v) is 5.07. The summed E-state index contributed by atoms with van der Waals surface area (Å²) in [6.45, 7) is 1.31. The number of furan rings is 1. The third-order valence-corrected chi connectivity index (χ3v) is 2.60. The summed E-state index contributed by atoms with van der Waals surface area (Å²) >= 11 is 0. The average molecular weight is 251 g/mol. The van der Waals surface area contributed by atoms with Crippen molar-refractivity contribution in [3.8, 4) is 0 Å². The van der Waals surface area contributed by atoms with Crippen LogP contribution in [0.5, 0.6) is 0 Å². The topological polar surface area (TPSA) is 83.6 Å². The van der Waals surface area contributed by atoms with E-state index in [9.17, 15) is 14.3 Å². The number of carbonyl (C=O) groups is 1. The molecule has 2 aromatic heterocycles. The highest BCUT2D eigenvalue weighted by molar-refractivity contribution is 5.89. The smallest absolute Gasteiger partial charge is 0.339 e. The average Bonchev–Trinajstić information content (AvgIpc) is 2.78. The molecular formula is C12H10FNO4. The molecule has 5 nitrogen and oxygen atoms in total. The predicted octanol–water partition coefficient (Wildman–Crippen LogP) is 1.77. The number of carboxylic acids is 1. The highest BCUT2D eigenvalue weighted by Gasteiger charge is 2.34. The fraction of sp³-hybridized carbons (Fsp3) is 0.167. The number of hydrogen-bond donors (Lipinski definition) is 2. The Balaban J connectivity index is 2.54. The first-order valence-electron chi connectivity index (χ1n) is 5.07. The lowest BCUT2D eigenvalue weighted by molar-refractivity contribution is 0.0613. The minimum absolute atomic E-state index is 0.111. The van der Waals surface area contributed by atoms with Crippen molar-refractivity contribution in [3.63, 3.8) is 0 Å². The van der Waals surface area contributed by atoms with Gasteiger partial charge in [0.15, 0.2) is 5.76 Å². The largest absolute Gasteiger partial charge is 0.478 e. The molecule has 2 aromatic rings. The van der Waals surface area contributed by atoms with Gasteiger partial charge in [0.2, 0.25) is 0 Å². The van der Waals surface area contributed by atoms with Crippen LogP contribution in [0.2, 0.25) is 0 Å². The lowest BCUT2D eigenvalue weighted by Gasteiger charge is -2.21. The molecule has 0 aliphatic carbocycles. The maximum Gasteiger partial charge on any atom is 0.339 e. The van der Waals surface area contributed by atoms with Crippen LogP contribution in [0.15, 0.2) is 35.2 Å².